The minimum atomic E-state index is -3.66. The summed E-state index contributed by atoms with van der Waals surface area (Å²) in [6, 6.07) is -0.426. The number of nitrogens with one attached hydrogen (secondary N) is 1. The summed E-state index contributed by atoms with van der Waals surface area (Å²) in [6.07, 6.45) is 4.91. The molecule has 8 nitrogen and oxygen atoms in total. The van der Waals surface area contributed by atoms with E-state index in [0.717, 1.165) is 0 Å². The van der Waals surface area contributed by atoms with E-state index in [0.29, 0.717) is 18.8 Å². The fourth-order valence-corrected chi connectivity index (χ4v) is 3.14. The molecule has 0 fully saturated rings. The summed E-state index contributed by atoms with van der Waals surface area (Å²) in [4.78, 5) is 8.01. The maximum Gasteiger partial charge on any atom is 0.260 e. The van der Waals surface area contributed by atoms with Crippen molar-refractivity contribution in [3.63, 3.8) is 0 Å². The number of aryl methyl sites for hydroxylation is 2. The van der Waals surface area contributed by atoms with E-state index in [1.54, 1.807) is 16.3 Å². The molecule has 0 radical (unpaired) electrons. The van der Waals surface area contributed by atoms with Crippen molar-refractivity contribution < 1.29 is 8.42 Å². The molecular weight excluding hydrogens is 280 g/mol. The molecule has 1 N–H and O–H groups in total. The van der Waals surface area contributed by atoms with Gasteiger partial charge in [-0.25, -0.2) is 23.1 Å². The van der Waals surface area contributed by atoms with Gasteiger partial charge >= 0.3 is 0 Å². The Hall–Kier alpha value is -1.74. The number of aromatic nitrogens is 5. The van der Waals surface area contributed by atoms with Gasteiger partial charge in [0.2, 0.25) is 0 Å². The molecule has 2 aromatic rings. The topological polar surface area (TPSA) is 94.7 Å². The van der Waals surface area contributed by atoms with E-state index in [4.69, 9.17) is 0 Å². The third-order valence-electron chi connectivity index (χ3n) is 2.92. The van der Waals surface area contributed by atoms with E-state index in [1.165, 1.54) is 18.9 Å². The second-order valence-electron chi connectivity index (χ2n) is 4.39. The van der Waals surface area contributed by atoms with Crippen LogP contribution in [0.15, 0.2) is 23.9 Å². The molecule has 0 unspecified atom stereocenters. The fourth-order valence-electron chi connectivity index (χ4n) is 1.88. The number of hydrogen-bond acceptors (Lipinski definition) is 5. The van der Waals surface area contributed by atoms with Crippen LogP contribution in [0.2, 0.25) is 0 Å². The van der Waals surface area contributed by atoms with Crippen molar-refractivity contribution in [1.82, 2.24) is 29.0 Å². The van der Waals surface area contributed by atoms with Crippen LogP contribution in [0.4, 0.5) is 0 Å². The van der Waals surface area contributed by atoms with Gasteiger partial charge in [-0.3, -0.25) is 0 Å². The van der Waals surface area contributed by atoms with Crippen LogP contribution in [0.25, 0.3) is 0 Å². The van der Waals surface area contributed by atoms with E-state index in [1.807, 2.05) is 13.8 Å². The highest BCUT2D eigenvalue weighted by molar-refractivity contribution is 7.89. The van der Waals surface area contributed by atoms with E-state index >= 15 is 0 Å². The summed E-state index contributed by atoms with van der Waals surface area (Å²) in [5.41, 5.74) is 0. The monoisotopic (exact) mass is 298 g/mol. The van der Waals surface area contributed by atoms with Crippen molar-refractivity contribution in [1.29, 1.82) is 0 Å². The molecule has 2 aromatic heterocycles. The molecule has 2 rings (SSSR count). The average Bonchev–Trinajstić information content (AvgIpc) is 3.04. The standard InChI is InChI=1S/C11H18N6O2S/c1-4-9(11-12-7-14-17(11)5-2)15-20(18,19)10-6-16(3)8-13-10/h6-9,15H,4-5H2,1-3H3/t9-/m1/s1. The molecule has 0 saturated carbocycles. The Kier molecular flexibility index (Phi) is 4.19. The van der Waals surface area contributed by atoms with Gasteiger partial charge < -0.3 is 4.57 Å². The Morgan fingerprint density at radius 1 is 1.35 bits per heavy atom. The van der Waals surface area contributed by atoms with Crippen LogP contribution >= 0.6 is 0 Å². The second kappa shape index (κ2) is 5.71. The Bertz CT molecular complexity index is 675. The van der Waals surface area contributed by atoms with Crippen LogP contribution in [-0.2, 0) is 23.6 Å². The summed E-state index contributed by atoms with van der Waals surface area (Å²) >= 11 is 0. The lowest BCUT2D eigenvalue weighted by Crippen LogP contribution is -2.30. The Morgan fingerprint density at radius 2 is 2.10 bits per heavy atom. The van der Waals surface area contributed by atoms with Crippen molar-refractivity contribution in [3.8, 4) is 0 Å². The molecular formula is C11H18N6O2S. The third-order valence-corrected chi connectivity index (χ3v) is 4.28. The van der Waals surface area contributed by atoms with E-state index in [2.05, 4.69) is 19.8 Å². The molecule has 9 heteroatoms. The van der Waals surface area contributed by atoms with Crippen molar-refractivity contribution >= 4 is 10.0 Å². The first-order valence-corrected chi connectivity index (χ1v) is 7.84. The maximum atomic E-state index is 12.3. The quantitative estimate of drug-likeness (QED) is 0.836. The average molecular weight is 298 g/mol. The zero-order chi connectivity index (χ0) is 14.8. The maximum absolute atomic E-state index is 12.3. The summed E-state index contributed by atoms with van der Waals surface area (Å²) in [6.45, 7) is 4.45. The summed E-state index contributed by atoms with van der Waals surface area (Å²) in [5.74, 6) is 0.606. The predicted octanol–water partition coefficient (Wildman–Crippen LogP) is 0.461. The summed E-state index contributed by atoms with van der Waals surface area (Å²) in [5, 5.41) is 4.06. The lowest BCUT2D eigenvalue weighted by molar-refractivity contribution is 0.501. The normalized spacial score (nSPS) is 13.6. The zero-order valence-corrected chi connectivity index (χ0v) is 12.5. The van der Waals surface area contributed by atoms with Gasteiger partial charge in [-0.2, -0.15) is 9.82 Å². The van der Waals surface area contributed by atoms with Crippen LogP contribution in [-0.4, -0.2) is 32.7 Å². The molecule has 0 aliphatic rings. The molecule has 0 saturated heterocycles. The van der Waals surface area contributed by atoms with Gasteiger partial charge in [0.15, 0.2) is 5.03 Å². The van der Waals surface area contributed by atoms with E-state index in [-0.39, 0.29) is 5.03 Å². The first-order chi connectivity index (χ1) is 9.47. The molecule has 0 spiro atoms. The number of nitrogens with zero attached hydrogens (tertiary/aromatic N) is 5. The zero-order valence-electron chi connectivity index (χ0n) is 11.7. The SMILES string of the molecule is CC[C@@H](NS(=O)(=O)c1cn(C)cn1)c1ncnn1CC. The van der Waals surface area contributed by atoms with E-state index < -0.39 is 16.1 Å². The highest BCUT2D eigenvalue weighted by atomic mass is 32.2. The van der Waals surface area contributed by atoms with Crippen LogP contribution in [0.3, 0.4) is 0 Å². The summed E-state index contributed by atoms with van der Waals surface area (Å²) in [7, 11) is -1.95. The van der Waals surface area contributed by atoms with Gasteiger partial charge in [-0.1, -0.05) is 6.92 Å². The molecule has 0 aliphatic heterocycles. The lowest BCUT2D eigenvalue weighted by atomic mass is 10.2. The molecule has 0 bridgehead atoms. The van der Waals surface area contributed by atoms with Crippen LogP contribution in [0, 0.1) is 0 Å². The van der Waals surface area contributed by atoms with Gasteiger partial charge in [0, 0.05) is 19.8 Å². The van der Waals surface area contributed by atoms with Crippen LogP contribution < -0.4 is 4.72 Å². The lowest BCUT2D eigenvalue weighted by Gasteiger charge is -2.16. The Labute approximate surface area is 117 Å². The minimum Gasteiger partial charge on any atom is -0.339 e. The van der Waals surface area contributed by atoms with Crippen molar-refractivity contribution in [2.45, 2.75) is 37.9 Å². The molecule has 0 amide bonds. The Morgan fingerprint density at radius 3 is 2.65 bits per heavy atom. The fraction of sp³-hybridized carbons (Fsp3) is 0.545. The second-order valence-corrected chi connectivity index (χ2v) is 6.05. The van der Waals surface area contributed by atoms with Crippen LogP contribution in [0.1, 0.15) is 32.1 Å². The molecule has 0 aliphatic carbocycles. The van der Waals surface area contributed by atoms with Gasteiger partial charge in [0.25, 0.3) is 10.0 Å². The smallest absolute Gasteiger partial charge is 0.260 e. The number of sulfonamides is 1. The first kappa shape index (κ1) is 14.7. The van der Waals surface area contributed by atoms with Crippen molar-refractivity contribution in [2.24, 2.45) is 7.05 Å². The largest absolute Gasteiger partial charge is 0.339 e. The molecule has 110 valence electrons. The Balaban J connectivity index is 2.26. The highest BCUT2D eigenvalue weighted by Crippen LogP contribution is 2.17. The van der Waals surface area contributed by atoms with Gasteiger partial charge in [0.1, 0.15) is 12.2 Å². The van der Waals surface area contributed by atoms with Crippen LogP contribution in [0.5, 0.6) is 0 Å². The van der Waals surface area contributed by atoms with Gasteiger partial charge in [0.05, 0.1) is 12.4 Å². The molecule has 1 atom stereocenters. The molecule has 20 heavy (non-hydrogen) atoms. The van der Waals surface area contributed by atoms with E-state index in [9.17, 15) is 8.42 Å². The van der Waals surface area contributed by atoms with Crippen molar-refractivity contribution in [2.75, 3.05) is 0 Å². The number of hydrogen-bond donors (Lipinski definition) is 1. The third kappa shape index (κ3) is 2.88. The minimum absolute atomic E-state index is 0.000939. The molecule has 0 aromatic carbocycles. The number of imidazole rings is 1. The highest BCUT2D eigenvalue weighted by Gasteiger charge is 2.25. The first-order valence-electron chi connectivity index (χ1n) is 6.36. The number of rotatable bonds is 6. The summed E-state index contributed by atoms with van der Waals surface area (Å²) < 4.78 is 30.4. The van der Waals surface area contributed by atoms with Gasteiger partial charge in [-0.05, 0) is 13.3 Å². The molecule has 2 heterocycles. The van der Waals surface area contributed by atoms with Crippen molar-refractivity contribution in [3.05, 3.63) is 24.7 Å². The predicted molar refractivity (Wildman–Crippen MR) is 72.3 cm³/mol. The van der Waals surface area contributed by atoms with Gasteiger partial charge in [-0.15, -0.1) is 0 Å².